The lowest BCUT2D eigenvalue weighted by Gasteiger charge is -2.28. The van der Waals surface area contributed by atoms with Crippen LogP contribution in [0.4, 0.5) is 0 Å². The van der Waals surface area contributed by atoms with Crippen molar-refractivity contribution in [2.24, 2.45) is 5.92 Å². The molecular formula is C14H22BrN3. The zero-order valence-corrected chi connectivity index (χ0v) is 13.0. The molecule has 1 aromatic carbocycles. The second-order valence-corrected chi connectivity index (χ2v) is 6.96. The zero-order chi connectivity index (χ0) is 13.3. The van der Waals surface area contributed by atoms with E-state index in [1.807, 2.05) is 0 Å². The quantitative estimate of drug-likeness (QED) is 0.786. The number of hydrogen-bond acceptors (Lipinski definition) is 3. The Hall–Kier alpha value is -0.420. The van der Waals surface area contributed by atoms with E-state index < -0.39 is 0 Å². The SMILES string of the molecule is CC1C(NC(C)(C)C)NNC1c1ccc(Br)cc1. The summed E-state index contributed by atoms with van der Waals surface area (Å²) in [5.74, 6) is 0.491. The fraction of sp³-hybridized carbons (Fsp3) is 0.571. The summed E-state index contributed by atoms with van der Waals surface area (Å²) < 4.78 is 1.12. The Balaban J connectivity index is 2.07. The summed E-state index contributed by atoms with van der Waals surface area (Å²) in [5, 5.41) is 3.60. The van der Waals surface area contributed by atoms with E-state index >= 15 is 0 Å². The summed E-state index contributed by atoms with van der Waals surface area (Å²) in [6, 6.07) is 8.86. The van der Waals surface area contributed by atoms with Crippen LogP contribution in [0.1, 0.15) is 39.3 Å². The topological polar surface area (TPSA) is 36.1 Å². The van der Waals surface area contributed by atoms with Crippen molar-refractivity contribution in [3.05, 3.63) is 34.3 Å². The second-order valence-electron chi connectivity index (χ2n) is 6.05. The number of benzene rings is 1. The first kappa shape index (κ1) is 14.0. The molecule has 1 heterocycles. The van der Waals surface area contributed by atoms with Gasteiger partial charge in [0.25, 0.3) is 0 Å². The van der Waals surface area contributed by atoms with Gasteiger partial charge in [0, 0.05) is 15.9 Å². The van der Waals surface area contributed by atoms with E-state index in [9.17, 15) is 0 Å². The van der Waals surface area contributed by atoms with Crippen LogP contribution in [0.3, 0.4) is 0 Å². The molecule has 0 bridgehead atoms. The highest BCUT2D eigenvalue weighted by Gasteiger charge is 2.34. The molecule has 3 nitrogen and oxygen atoms in total. The molecule has 0 saturated carbocycles. The molecule has 0 aliphatic carbocycles. The molecule has 100 valence electrons. The minimum atomic E-state index is 0.113. The van der Waals surface area contributed by atoms with Crippen LogP contribution in [-0.4, -0.2) is 11.7 Å². The molecule has 18 heavy (non-hydrogen) atoms. The Labute approximate surface area is 118 Å². The van der Waals surface area contributed by atoms with Crippen molar-refractivity contribution < 1.29 is 0 Å². The molecule has 1 fully saturated rings. The lowest BCUT2D eigenvalue weighted by molar-refractivity contribution is 0.292. The lowest BCUT2D eigenvalue weighted by Crippen LogP contribution is -2.51. The van der Waals surface area contributed by atoms with E-state index in [2.05, 4.69) is 84.1 Å². The van der Waals surface area contributed by atoms with Gasteiger partial charge in [-0.1, -0.05) is 35.0 Å². The van der Waals surface area contributed by atoms with Crippen molar-refractivity contribution >= 4 is 15.9 Å². The standard InChI is InChI=1S/C14H22BrN3/c1-9-12(10-5-7-11(15)8-6-10)17-18-13(9)16-14(2,3)4/h5-9,12-13,16-18H,1-4H3. The molecule has 2 rings (SSSR count). The third kappa shape index (κ3) is 3.32. The number of hydrazine groups is 1. The molecule has 4 heteroatoms. The molecule has 3 unspecified atom stereocenters. The highest BCUT2D eigenvalue weighted by molar-refractivity contribution is 9.10. The first-order valence-electron chi connectivity index (χ1n) is 6.41. The lowest BCUT2D eigenvalue weighted by atomic mass is 9.93. The van der Waals surface area contributed by atoms with E-state index in [1.165, 1.54) is 5.56 Å². The summed E-state index contributed by atoms with van der Waals surface area (Å²) >= 11 is 3.47. The zero-order valence-electron chi connectivity index (χ0n) is 11.4. The molecule has 1 aliphatic rings. The van der Waals surface area contributed by atoms with Gasteiger partial charge in [0.2, 0.25) is 0 Å². The first-order valence-corrected chi connectivity index (χ1v) is 7.20. The molecule has 1 aromatic rings. The van der Waals surface area contributed by atoms with E-state index in [0.717, 1.165) is 4.47 Å². The van der Waals surface area contributed by atoms with Gasteiger partial charge in [-0.2, -0.15) is 0 Å². The normalized spacial score (nSPS) is 28.6. The predicted molar refractivity (Wildman–Crippen MR) is 79.0 cm³/mol. The van der Waals surface area contributed by atoms with Crippen molar-refractivity contribution in [3.8, 4) is 0 Å². The maximum Gasteiger partial charge on any atom is 0.0752 e. The summed E-state index contributed by atoms with van der Waals surface area (Å²) in [5.41, 5.74) is 8.17. The summed E-state index contributed by atoms with van der Waals surface area (Å²) in [4.78, 5) is 0. The summed E-state index contributed by atoms with van der Waals surface area (Å²) in [7, 11) is 0. The largest absolute Gasteiger partial charge is 0.296 e. The monoisotopic (exact) mass is 311 g/mol. The number of rotatable bonds is 2. The first-order chi connectivity index (χ1) is 8.37. The summed E-state index contributed by atoms with van der Waals surface area (Å²) in [6.45, 7) is 8.83. The third-order valence-corrected chi connectivity index (χ3v) is 3.79. The van der Waals surface area contributed by atoms with Crippen molar-refractivity contribution in [2.45, 2.75) is 45.4 Å². The maximum atomic E-state index is 3.60. The Morgan fingerprint density at radius 1 is 1.11 bits per heavy atom. The van der Waals surface area contributed by atoms with Gasteiger partial charge in [-0.25, -0.2) is 10.9 Å². The van der Waals surface area contributed by atoms with Gasteiger partial charge in [-0.3, -0.25) is 5.32 Å². The predicted octanol–water partition coefficient (Wildman–Crippen LogP) is 2.95. The van der Waals surface area contributed by atoms with E-state index in [0.29, 0.717) is 18.1 Å². The van der Waals surface area contributed by atoms with Crippen LogP contribution in [-0.2, 0) is 0 Å². The summed E-state index contributed by atoms with van der Waals surface area (Å²) in [6.07, 6.45) is 0.290. The average molecular weight is 312 g/mol. The number of nitrogens with one attached hydrogen (secondary N) is 3. The van der Waals surface area contributed by atoms with Crippen molar-refractivity contribution in [2.75, 3.05) is 0 Å². The second kappa shape index (κ2) is 5.29. The minimum absolute atomic E-state index is 0.113. The van der Waals surface area contributed by atoms with Crippen LogP contribution in [0.15, 0.2) is 28.7 Å². The van der Waals surface area contributed by atoms with Gasteiger partial charge in [0.1, 0.15) is 0 Å². The molecule has 3 N–H and O–H groups in total. The number of hydrogen-bond donors (Lipinski definition) is 3. The maximum absolute atomic E-state index is 3.60. The van der Waals surface area contributed by atoms with Crippen molar-refractivity contribution in [1.82, 2.24) is 16.2 Å². The van der Waals surface area contributed by atoms with Crippen molar-refractivity contribution in [1.29, 1.82) is 0 Å². The van der Waals surface area contributed by atoms with Crippen molar-refractivity contribution in [3.63, 3.8) is 0 Å². The number of halogens is 1. The van der Waals surface area contributed by atoms with Crippen LogP contribution in [0.25, 0.3) is 0 Å². The highest BCUT2D eigenvalue weighted by atomic mass is 79.9. The van der Waals surface area contributed by atoms with Gasteiger partial charge in [-0.05, 0) is 38.5 Å². The molecule has 0 amide bonds. The molecular weight excluding hydrogens is 290 g/mol. The Bertz CT molecular complexity index is 396. The van der Waals surface area contributed by atoms with Gasteiger partial charge in [0.05, 0.1) is 12.2 Å². The third-order valence-electron chi connectivity index (χ3n) is 3.26. The van der Waals surface area contributed by atoms with Crippen LogP contribution < -0.4 is 16.2 Å². The fourth-order valence-electron chi connectivity index (χ4n) is 2.33. The molecule has 0 aromatic heterocycles. The Kier molecular flexibility index (Phi) is 4.11. The molecule has 3 atom stereocenters. The van der Waals surface area contributed by atoms with Gasteiger partial charge < -0.3 is 0 Å². The van der Waals surface area contributed by atoms with Gasteiger partial charge in [-0.15, -0.1) is 0 Å². The Morgan fingerprint density at radius 3 is 2.28 bits per heavy atom. The van der Waals surface area contributed by atoms with Gasteiger partial charge in [0.15, 0.2) is 0 Å². The van der Waals surface area contributed by atoms with Crippen LogP contribution in [0, 0.1) is 5.92 Å². The molecule has 1 aliphatic heterocycles. The minimum Gasteiger partial charge on any atom is -0.296 e. The molecule has 0 spiro atoms. The van der Waals surface area contributed by atoms with Crippen LogP contribution >= 0.6 is 15.9 Å². The molecule has 1 saturated heterocycles. The van der Waals surface area contributed by atoms with Crippen LogP contribution in [0.2, 0.25) is 0 Å². The smallest absolute Gasteiger partial charge is 0.0752 e. The molecule has 0 radical (unpaired) electrons. The Morgan fingerprint density at radius 2 is 1.72 bits per heavy atom. The van der Waals surface area contributed by atoms with Gasteiger partial charge >= 0.3 is 0 Å². The van der Waals surface area contributed by atoms with E-state index in [-0.39, 0.29) is 5.54 Å². The van der Waals surface area contributed by atoms with E-state index in [1.54, 1.807) is 0 Å². The van der Waals surface area contributed by atoms with Crippen LogP contribution in [0.5, 0.6) is 0 Å². The average Bonchev–Trinajstić information content (AvgIpc) is 2.60. The fourth-order valence-corrected chi connectivity index (χ4v) is 2.59. The highest BCUT2D eigenvalue weighted by Crippen LogP contribution is 2.28. The van der Waals surface area contributed by atoms with E-state index in [4.69, 9.17) is 0 Å².